The standard InChI is InChI=1S/C34H40N2O4/c1-3-21-36(30-11-7-8-12-30)22-31-24(2)32(26-15-13-25(23-37)14-16-26)40-34(39-31)28-17-19-29(20-18-28)35-33(38)27-9-5-4-6-10-27/h3-6,9-10,13-20,24,30-32,34,37H,1,7-8,11-12,21-23H2,2H3,(H,35,38). The van der Waals surface area contributed by atoms with Crippen molar-refractivity contribution in [1.82, 2.24) is 4.90 Å². The molecule has 0 spiro atoms. The molecule has 0 bridgehead atoms. The lowest BCUT2D eigenvalue weighted by atomic mass is 9.89. The van der Waals surface area contributed by atoms with E-state index in [9.17, 15) is 9.90 Å². The number of carbonyl (C=O) groups excluding carboxylic acids is 1. The van der Waals surface area contributed by atoms with Gasteiger partial charge in [-0.15, -0.1) is 6.58 Å². The highest BCUT2D eigenvalue weighted by atomic mass is 16.7. The predicted molar refractivity (Wildman–Crippen MR) is 158 cm³/mol. The molecule has 40 heavy (non-hydrogen) atoms. The second-order valence-electron chi connectivity index (χ2n) is 10.9. The van der Waals surface area contributed by atoms with E-state index in [1.165, 1.54) is 25.7 Å². The van der Waals surface area contributed by atoms with Crippen molar-refractivity contribution in [2.45, 2.75) is 63.8 Å². The number of hydrogen-bond donors (Lipinski definition) is 2. The van der Waals surface area contributed by atoms with E-state index in [-0.39, 0.29) is 30.6 Å². The zero-order valence-electron chi connectivity index (χ0n) is 23.2. The summed E-state index contributed by atoms with van der Waals surface area (Å²) in [7, 11) is 0. The summed E-state index contributed by atoms with van der Waals surface area (Å²) < 4.78 is 13.3. The van der Waals surface area contributed by atoms with Gasteiger partial charge in [-0.1, -0.05) is 80.4 Å². The van der Waals surface area contributed by atoms with Gasteiger partial charge in [-0.2, -0.15) is 0 Å². The summed E-state index contributed by atoms with van der Waals surface area (Å²) in [5.74, 6) is -0.0256. The summed E-state index contributed by atoms with van der Waals surface area (Å²) in [6.45, 7) is 7.89. The Hall–Kier alpha value is -3.29. The average Bonchev–Trinajstić information content (AvgIpc) is 3.54. The number of hydrogen-bond acceptors (Lipinski definition) is 5. The highest BCUT2D eigenvalue weighted by Crippen LogP contribution is 2.42. The van der Waals surface area contributed by atoms with Crippen molar-refractivity contribution in [3.05, 3.63) is 114 Å². The summed E-state index contributed by atoms with van der Waals surface area (Å²) >= 11 is 0. The predicted octanol–water partition coefficient (Wildman–Crippen LogP) is 6.65. The minimum absolute atomic E-state index is 0.0147. The number of aliphatic hydroxyl groups excluding tert-OH is 1. The number of rotatable bonds is 10. The van der Waals surface area contributed by atoms with Gasteiger partial charge in [0, 0.05) is 41.9 Å². The number of anilines is 1. The van der Waals surface area contributed by atoms with Crippen LogP contribution in [-0.2, 0) is 16.1 Å². The molecule has 1 aliphatic heterocycles. The number of ether oxygens (including phenoxy) is 2. The lowest BCUT2D eigenvalue weighted by Crippen LogP contribution is -2.47. The molecule has 3 aromatic rings. The molecule has 210 valence electrons. The fourth-order valence-electron chi connectivity index (χ4n) is 5.88. The molecule has 6 heteroatoms. The molecule has 1 saturated heterocycles. The number of aliphatic hydroxyl groups is 1. The maximum absolute atomic E-state index is 12.6. The number of nitrogens with zero attached hydrogens (tertiary/aromatic N) is 1. The Balaban J connectivity index is 1.36. The van der Waals surface area contributed by atoms with Crippen molar-refractivity contribution < 1.29 is 19.4 Å². The van der Waals surface area contributed by atoms with E-state index in [2.05, 4.69) is 23.7 Å². The molecule has 6 nitrogen and oxygen atoms in total. The number of carbonyl (C=O) groups is 1. The SMILES string of the molecule is C=CCN(CC1OC(c2ccc(NC(=O)c3ccccc3)cc2)OC(c2ccc(CO)cc2)C1C)C1CCCC1. The van der Waals surface area contributed by atoms with Crippen LogP contribution >= 0.6 is 0 Å². The molecule has 5 rings (SSSR count). The van der Waals surface area contributed by atoms with Crippen LogP contribution < -0.4 is 5.32 Å². The first-order valence-corrected chi connectivity index (χ1v) is 14.4. The molecule has 2 fully saturated rings. The highest BCUT2D eigenvalue weighted by Gasteiger charge is 2.40. The molecule has 1 aliphatic carbocycles. The molecular formula is C34H40N2O4. The van der Waals surface area contributed by atoms with Crippen molar-refractivity contribution in [1.29, 1.82) is 0 Å². The maximum Gasteiger partial charge on any atom is 0.255 e. The average molecular weight is 541 g/mol. The number of amides is 1. The Labute approximate surface area is 237 Å². The van der Waals surface area contributed by atoms with E-state index < -0.39 is 6.29 Å². The molecule has 1 amide bonds. The quantitative estimate of drug-likeness (QED) is 0.282. The largest absolute Gasteiger partial charge is 0.392 e. The second kappa shape index (κ2) is 13.4. The third-order valence-corrected chi connectivity index (χ3v) is 8.22. The zero-order valence-corrected chi connectivity index (χ0v) is 23.2. The Morgan fingerprint density at radius 3 is 2.30 bits per heavy atom. The van der Waals surface area contributed by atoms with Gasteiger partial charge in [0.1, 0.15) is 0 Å². The molecule has 3 aromatic carbocycles. The third-order valence-electron chi connectivity index (χ3n) is 8.22. The van der Waals surface area contributed by atoms with E-state index in [0.717, 1.165) is 29.8 Å². The third kappa shape index (κ3) is 6.70. The first-order chi connectivity index (χ1) is 19.6. The Kier molecular flexibility index (Phi) is 9.45. The fourth-order valence-corrected chi connectivity index (χ4v) is 5.88. The fraction of sp³-hybridized carbons (Fsp3) is 0.382. The number of benzene rings is 3. The monoisotopic (exact) mass is 540 g/mol. The van der Waals surface area contributed by atoms with E-state index in [4.69, 9.17) is 9.47 Å². The van der Waals surface area contributed by atoms with Crippen molar-refractivity contribution in [3.63, 3.8) is 0 Å². The smallest absolute Gasteiger partial charge is 0.255 e. The van der Waals surface area contributed by atoms with Gasteiger partial charge < -0.3 is 19.9 Å². The van der Waals surface area contributed by atoms with Crippen LogP contribution in [0.2, 0.25) is 0 Å². The highest BCUT2D eigenvalue weighted by molar-refractivity contribution is 6.04. The van der Waals surface area contributed by atoms with E-state index in [1.54, 1.807) is 12.1 Å². The van der Waals surface area contributed by atoms with Gasteiger partial charge in [-0.05, 0) is 48.2 Å². The number of nitrogens with one attached hydrogen (secondary N) is 1. The summed E-state index contributed by atoms with van der Waals surface area (Å²) in [6, 6.07) is 25.5. The van der Waals surface area contributed by atoms with Crippen LogP contribution in [0.15, 0.2) is 91.5 Å². The molecule has 2 N–H and O–H groups in total. The van der Waals surface area contributed by atoms with Gasteiger partial charge in [0.2, 0.25) is 0 Å². The zero-order chi connectivity index (χ0) is 27.9. The lowest BCUT2D eigenvalue weighted by Gasteiger charge is -2.43. The van der Waals surface area contributed by atoms with E-state index >= 15 is 0 Å². The van der Waals surface area contributed by atoms with Crippen LogP contribution in [0.25, 0.3) is 0 Å². The van der Waals surface area contributed by atoms with Crippen LogP contribution in [0, 0.1) is 5.92 Å². The van der Waals surface area contributed by atoms with Crippen LogP contribution in [0.1, 0.15) is 72.0 Å². The van der Waals surface area contributed by atoms with Gasteiger partial charge in [0.15, 0.2) is 6.29 Å². The first-order valence-electron chi connectivity index (χ1n) is 14.4. The Bertz CT molecular complexity index is 1240. The molecule has 4 atom stereocenters. The molecule has 1 heterocycles. The molecule has 1 saturated carbocycles. The minimum Gasteiger partial charge on any atom is -0.392 e. The normalized spacial score (nSPS) is 23.3. The summed E-state index contributed by atoms with van der Waals surface area (Å²) in [4.78, 5) is 15.1. The second-order valence-corrected chi connectivity index (χ2v) is 10.9. The summed E-state index contributed by atoms with van der Waals surface area (Å²) in [5, 5.41) is 12.5. The van der Waals surface area contributed by atoms with Crippen LogP contribution in [0.5, 0.6) is 0 Å². The van der Waals surface area contributed by atoms with Gasteiger partial charge in [-0.3, -0.25) is 9.69 Å². The van der Waals surface area contributed by atoms with Gasteiger partial charge in [0.25, 0.3) is 5.91 Å². The van der Waals surface area contributed by atoms with Crippen LogP contribution in [-0.4, -0.2) is 41.1 Å². The van der Waals surface area contributed by atoms with E-state index in [1.807, 2.05) is 72.8 Å². The van der Waals surface area contributed by atoms with Gasteiger partial charge >= 0.3 is 0 Å². The summed E-state index contributed by atoms with van der Waals surface area (Å²) in [5.41, 5.74) is 4.19. The van der Waals surface area contributed by atoms with E-state index in [0.29, 0.717) is 17.3 Å². The molecular weight excluding hydrogens is 500 g/mol. The molecule has 4 unspecified atom stereocenters. The maximum atomic E-state index is 12.6. The Morgan fingerprint density at radius 1 is 0.975 bits per heavy atom. The first kappa shape index (κ1) is 28.2. The van der Waals surface area contributed by atoms with Gasteiger partial charge in [0.05, 0.1) is 18.8 Å². The molecule has 0 aromatic heterocycles. The van der Waals surface area contributed by atoms with Crippen molar-refractivity contribution in [2.24, 2.45) is 5.92 Å². The van der Waals surface area contributed by atoms with Crippen molar-refractivity contribution in [2.75, 3.05) is 18.4 Å². The summed E-state index contributed by atoms with van der Waals surface area (Å²) in [6.07, 6.45) is 6.23. The van der Waals surface area contributed by atoms with Crippen molar-refractivity contribution in [3.8, 4) is 0 Å². The van der Waals surface area contributed by atoms with Gasteiger partial charge in [-0.25, -0.2) is 0 Å². The van der Waals surface area contributed by atoms with Crippen molar-refractivity contribution >= 4 is 11.6 Å². The topological polar surface area (TPSA) is 71.0 Å². The Morgan fingerprint density at radius 2 is 1.65 bits per heavy atom. The van der Waals surface area contributed by atoms with Crippen LogP contribution in [0.4, 0.5) is 5.69 Å². The minimum atomic E-state index is -0.545. The molecule has 2 aliphatic rings. The van der Waals surface area contributed by atoms with Crippen LogP contribution in [0.3, 0.4) is 0 Å². The lowest BCUT2D eigenvalue weighted by molar-refractivity contribution is -0.276. The molecule has 0 radical (unpaired) electrons.